The first-order valence-electron chi connectivity index (χ1n) is 4.73. The van der Waals surface area contributed by atoms with Crippen molar-refractivity contribution in [3.63, 3.8) is 0 Å². The van der Waals surface area contributed by atoms with Gasteiger partial charge in [0.15, 0.2) is 5.78 Å². The van der Waals surface area contributed by atoms with Crippen LogP contribution in [0.2, 0.25) is 0 Å². The van der Waals surface area contributed by atoms with Crippen LogP contribution in [0.25, 0.3) is 0 Å². The number of nitrogens with zero attached hydrogens (tertiary/aromatic N) is 1. The molecule has 2 nitrogen and oxygen atoms in total. The van der Waals surface area contributed by atoms with Gasteiger partial charge in [-0.1, -0.05) is 35.0 Å². The minimum absolute atomic E-state index is 0.0252. The number of carbonyl (C=O) groups excluding carboxylic acids is 1. The van der Waals surface area contributed by atoms with E-state index in [0.29, 0.717) is 5.56 Å². The van der Waals surface area contributed by atoms with Crippen LogP contribution in [-0.2, 0) is 0 Å². The van der Waals surface area contributed by atoms with Crippen LogP contribution in [-0.4, -0.2) is 5.78 Å². The van der Waals surface area contributed by atoms with Gasteiger partial charge in [-0.2, -0.15) is 5.26 Å². The van der Waals surface area contributed by atoms with E-state index in [4.69, 9.17) is 5.26 Å². The van der Waals surface area contributed by atoms with E-state index in [9.17, 15) is 4.79 Å². The van der Waals surface area contributed by atoms with E-state index in [-0.39, 0.29) is 18.1 Å². The Hall–Kier alpha value is -1.14. The van der Waals surface area contributed by atoms with E-state index in [2.05, 4.69) is 15.9 Å². The Labute approximate surface area is 98.0 Å². The van der Waals surface area contributed by atoms with Crippen LogP contribution in [0, 0.1) is 24.2 Å². The van der Waals surface area contributed by atoms with Crippen molar-refractivity contribution in [2.75, 3.05) is 0 Å². The highest BCUT2D eigenvalue weighted by atomic mass is 79.9. The van der Waals surface area contributed by atoms with Crippen molar-refractivity contribution in [2.24, 2.45) is 5.92 Å². The fourth-order valence-electron chi connectivity index (χ4n) is 1.26. The number of benzene rings is 1. The maximum Gasteiger partial charge on any atom is 0.166 e. The summed E-state index contributed by atoms with van der Waals surface area (Å²) in [5, 5.41) is 8.52. The molecule has 0 N–H and O–H groups in total. The quantitative estimate of drug-likeness (QED) is 0.786. The zero-order valence-electron chi connectivity index (χ0n) is 8.75. The summed E-state index contributed by atoms with van der Waals surface area (Å²) < 4.78 is 0.928. The normalized spacial score (nSPS) is 11.9. The van der Waals surface area contributed by atoms with Gasteiger partial charge in [0.05, 0.1) is 6.07 Å². The number of nitriles is 1. The average Bonchev–Trinajstić information content (AvgIpc) is 2.21. The van der Waals surface area contributed by atoms with Gasteiger partial charge >= 0.3 is 0 Å². The number of hydrogen-bond donors (Lipinski definition) is 0. The molecule has 1 atom stereocenters. The summed E-state index contributed by atoms with van der Waals surface area (Å²) in [5.41, 5.74) is 1.76. The van der Waals surface area contributed by atoms with Gasteiger partial charge in [-0.3, -0.25) is 4.79 Å². The first kappa shape index (κ1) is 11.9. The first-order chi connectivity index (χ1) is 7.06. The molecule has 1 aromatic rings. The van der Waals surface area contributed by atoms with Crippen molar-refractivity contribution >= 4 is 21.7 Å². The lowest BCUT2D eigenvalue weighted by atomic mass is 9.96. The van der Waals surface area contributed by atoms with Crippen LogP contribution in [0.1, 0.15) is 29.3 Å². The molecule has 78 valence electrons. The van der Waals surface area contributed by atoms with E-state index in [1.807, 2.05) is 25.1 Å². The van der Waals surface area contributed by atoms with Gasteiger partial charge in [-0.15, -0.1) is 0 Å². The molecule has 0 saturated carbocycles. The van der Waals surface area contributed by atoms with E-state index < -0.39 is 0 Å². The van der Waals surface area contributed by atoms with Crippen molar-refractivity contribution in [3.8, 4) is 6.07 Å². The molecule has 3 heteroatoms. The van der Waals surface area contributed by atoms with Crippen LogP contribution in [0.5, 0.6) is 0 Å². The van der Waals surface area contributed by atoms with E-state index in [1.54, 1.807) is 13.0 Å². The zero-order chi connectivity index (χ0) is 11.4. The second-order valence-corrected chi connectivity index (χ2v) is 4.45. The molecule has 1 rings (SSSR count). The smallest absolute Gasteiger partial charge is 0.166 e. The van der Waals surface area contributed by atoms with Crippen LogP contribution in [0.15, 0.2) is 22.7 Å². The molecule has 0 spiro atoms. The molecule has 0 fully saturated rings. The average molecular weight is 266 g/mol. The Morgan fingerprint density at radius 2 is 2.27 bits per heavy atom. The van der Waals surface area contributed by atoms with Crippen LogP contribution >= 0.6 is 15.9 Å². The maximum absolute atomic E-state index is 11.8. The maximum atomic E-state index is 11.8. The lowest BCUT2D eigenvalue weighted by Gasteiger charge is -2.07. The molecule has 0 aromatic heterocycles. The summed E-state index contributed by atoms with van der Waals surface area (Å²) in [6, 6.07) is 7.52. The number of halogens is 1. The van der Waals surface area contributed by atoms with Gasteiger partial charge in [-0.05, 0) is 18.6 Å². The van der Waals surface area contributed by atoms with E-state index in [1.165, 1.54) is 0 Å². The number of Topliss-reactive ketones (excluding diaryl/α,β-unsaturated/α-hetero) is 1. The first-order valence-corrected chi connectivity index (χ1v) is 5.53. The predicted octanol–water partition coefficient (Wildman–Crippen LogP) is 3.49. The molecule has 0 amide bonds. The third-order valence-electron chi connectivity index (χ3n) is 2.30. The molecule has 0 saturated heterocycles. The van der Waals surface area contributed by atoms with Crippen LogP contribution < -0.4 is 0 Å². The van der Waals surface area contributed by atoms with Gasteiger partial charge in [0, 0.05) is 22.4 Å². The van der Waals surface area contributed by atoms with Crippen LogP contribution in [0.3, 0.4) is 0 Å². The molecule has 1 unspecified atom stereocenters. The summed E-state index contributed by atoms with van der Waals surface area (Å²) in [5.74, 6) is -0.207. The molecule has 1 aromatic carbocycles. The highest BCUT2D eigenvalue weighted by molar-refractivity contribution is 9.10. The summed E-state index contributed by atoms with van der Waals surface area (Å²) >= 11 is 3.39. The Morgan fingerprint density at radius 1 is 1.60 bits per heavy atom. The Morgan fingerprint density at radius 3 is 2.80 bits per heavy atom. The topological polar surface area (TPSA) is 40.9 Å². The molecule has 0 radical (unpaired) electrons. The predicted molar refractivity (Wildman–Crippen MR) is 62.6 cm³/mol. The SMILES string of the molecule is Cc1ccc(C(=O)C(C)CC#N)cc1Br. The molecule has 0 aliphatic carbocycles. The number of rotatable bonds is 3. The molecule has 0 aliphatic heterocycles. The van der Waals surface area contributed by atoms with Crippen LogP contribution in [0.4, 0.5) is 0 Å². The van der Waals surface area contributed by atoms with Crippen molar-refractivity contribution in [1.29, 1.82) is 5.26 Å². The van der Waals surface area contributed by atoms with Gasteiger partial charge in [0.1, 0.15) is 0 Å². The van der Waals surface area contributed by atoms with E-state index in [0.717, 1.165) is 10.0 Å². The fraction of sp³-hybridized carbons (Fsp3) is 0.333. The Bertz CT molecular complexity index is 420. The second kappa shape index (κ2) is 5.09. The number of hydrogen-bond acceptors (Lipinski definition) is 2. The van der Waals surface area contributed by atoms with Crippen molar-refractivity contribution in [2.45, 2.75) is 20.3 Å². The van der Waals surface area contributed by atoms with Crippen molar-refractivity contribution in [3.05, 3.63) is 33.8 Å². The highest BCUT2D eigenvalue weighted by Gasteiger charge is 2.15. The minimum atomic E-state index is -0.232. The Balaban J connectivity index is 2.93. The van der Waals surface area contributed by atoms with Gasteiger partial charge in [0.25, 0.3) is 0 Å². The highest BCUT2D eigenvalue weighted by Crippen LogP contribution is 2.20. The van der Waals surface area contributed by atoms with Gasteiger partial charge in [-0.25, -0.2) is 0 Å². The number of carbonyl (C=O) groups is 1. The standard InChI is InChI=1S/C12H12BrNO/c1-8-3-4-10(7-11(8)13)12(15)9(2)5-6-14/h3-4,7,9H,5H2,1-2H3. The minimum Gasteiger partial charge on any atom is -0.294 e. The molecule has 0 heterocycles. The third-order valence-corrected chi connectivity index (χ3v) is 3.16. The van der Waals surface area contributed by atoms with Gasteiger partial charge < -0.3 is 0 Å². The Kier molecular flexibility index (Phi) is 4.05. The number of aryl methyl sites for hydroxylation is 1. The van der Waals surface area contributed by atoms with Crippen molar-refractivity contribution in [1.82, 2.24) is 0 Å². The fourth-order valence-corrected chi connectivity index (χ4v) is 1.64. The molecule has 0 bridgehead atoms. The molecule has 15 heavy (non-hydrogen) atoms. The molecular formula is C12H12BrNO. The molecule has 0 aliphatic rings. The van der Waals surface area contributed by atoms with Gasteiger partial charge in [0.2, 0.25) is 0 Å². The monoisotopic (exact) mass is 265 g/mol. The summed E-state index contributed by atoms with van der Waals surface area (Å²) in [7, 11) is 0. The summed E-state index contributed by atoms with van der Waals surface area (Å²) in [6.07, 6.45) is 0.268. The lowest BCUT2D eigenvalue weighted by molar-refractivity contribution is 0.0932. The second-order valence-electron chi connectivity index (χ2n) is 3.59. The summed E-state index contributed by atoms with van der Waals surface area (Å²) in [6.45, 7) is 3.75. The third kappa shape index (κ3) is 2.90. The lowest BCUT2D eigenvalue weighted by Crippen LogP contribution is -2.10. The number of ketones is 1. The largest absolute Gasteiger partial charge is 0.294 e. The van der Waals surface area contributed by atoms with Crippen molar-refractivity contribution < 1.29 is 4.79 Å². The zero-order valence-corrected chi connectivity index (χ0v) is 10.3. The van der Waals surface area contributed by atoms with E-state index >= 15 is 0 Å². The summed E-state index contributed by atoms with van der Waals surface area (Å²) in [4.78, 5) is 11.8. The molecular weight excluding hydrogens is 254 g/mol.